The van der Waals surface area contributed by atoms with Gasteiger partial charge in [0.1, 0.15) is 10.6 Å². The first-order valence-corrected chi connectivity index (χ1v) is 9.36. The molecule has 2 N–H and O–H groups in total. The Morgan fingerprint density at radius 2 is 1.96 bits per heavy atom. The number of hydrogen-bond donors (Lipinski definition) is 2. The van der Waals surface area contributed by atoms with E-state index in [0.717, 1.165) is 11.3 Å². The van der Waals surface area contributed by atoms with E-state index in [1.54, 1.807) is 17.9 Å². The molecule has 0 saturated heterocycles. The van der Waals surface area contributed by atoms with Crippen LogP contribution in [-0.2, 0) is 23.6 Å². The van der Waals surface area contributed by atoms with Gasteiger partial charge in [0.2, 0.25) is 10.0 Å². The van der Waals surface area contributed by atoms with E-state index < -0.39 is 10.0 Å². The monoisotopic (exact) mass is 373 g/mol. The molecule has 2 aromatic heterocycles. The van der Waals surface area contributed by atoms with E-state index in [4.69, 9.17) is 0 Å². The lowest BCUT2D eigenvalue weighted by Gasteiger charge is -2.06. The van der Waals surface area contributed by atoms with Crippen LogP contribution in [-0.4, -0.2) is 35.7 Å². The summed E-state index contributed by atoms with van der Waals surface area (Å²) in [5.41, 5.74) is 1.98. The van der Waals surface area contributed by atoms with Crippen LogP contribution >= 0.6 is 0 Å². The molecule has 0 unspecified atom stereocenters. The van der Waals surface area contributed by atoms with Crippen molar-refractivity contribution in [3.63, 3.8) is 0 Å². The van der Waals surface area contributed by atoms with Gasteiger partial charge in [-0.25, -0.2) is 17.8 Å². The Bertz CT molecular complexity index is 1010. The van der Waals surface area contributed by atoms with Crippen molar-refractivity contribution in [3.05, 3.63) is 66.2 Å². The second-order valence-corrected chi connectivity index (χ2v) is 7.46. The van der Waals surface area contributed by atoms with Crippen molar-refractivity contribution in [2.24, 2.45) is 7.05 Å². The number of sulfonamides is 1. The van der Waals surface area contributed by atoms with Crippen LogP contribution in [0, 0.1) is 0 Å². The molecule has 1 amide bonds. The molecule has 0 fully saturated rings. The Morgan fingerprint density at radius 3 is 2.58 bits per heavy atom. The van der Waals surface area contributed by atoms with Gasteiger partial charge in [-0.2, -0.15) is 5.10 Å². The molecule has 0 bridgehead atoms. The molecular formula is C17H19N5O3S. The summed E-state index contributed by atoms with van der Waals surface area (Å²) < 4.78 is 30.7. The van der Waals surface area contributed by atoms with Crippen LogP contribution < -0.4 is 10.0 Å². The lowest BCUT2D eigenvalue weighted by Crippen LogP contribution is -2.23. The van der Waals surface area contributed by atoms with Crippen LogP contribution in [0.4, 0.5) is 0 Å². The molecule has 0 saturated carbocycles. The summed E-state index contributed by atoms with van der Waals surface area (Å²) in [4.78, 5) is 11.8. The first kappa shape index (κ1) is 17.9. The molecule has 0 radical (unpaired) electrons. The average molecular weight is 373 g/mol. The van der Waals surface area contributed by atoms with Gasteiger partial charge in [0.05, 0.1) is 5.69 Å². The van der Waals surface area contributed by atoms with Gasteiger partial charge in [-0.05, 0) is 29.8 Å². The first-order chi connectivity index (χ1) is 12.4. The Labute approximate surface area is 151 Å². The van der Waals surface area contributed by atoms with Crippen molar-refractivity contribution in [1.29, 1.82) is 0 Å². The van der Waals surface area contributed by atoms with Crippen LogP contribution in [0.15, 0.2) is 59.9 Å². The van der Waals surface area contributed by atoms with Gasteiger partial charge in [0, 0.05) is 39.2 Å². The van der Waals surface area contributed by atoms with Gasteiger partial charge < -0.3 is 9.88 Å². The number of rotatable bonds is 6. The predicted molar refractivity (Wildman–Crippen MR) is 96.4 cm³/mol. The maximum absolute atomic E-state index is 12.5. The molecule has 0 atom stereocenters. The third-order valence-electron chi connectivity index (χ3n) is 3.92. The van der Waals surface area contributed by atoms with Crippen LogP contribution in [0.5, 0.6) is 0 Å². The number of hydrogen-bond acceptors (Lipinski definition) is 4. The van der Waals surface area contributed by atoms with E-state index >= 15 is 0 Å². The van der Waals surface area contributed by atoms with Crippen molar-refractivity contribution >= 4 is 15.9 Å². The Balaban J connectivity index is 1.71. The van der Waals surface area contributed by atoms with E-state index in [1.165, 1.54) is 23.9 Å². The lowest BCUT2D eigenvalue weighted by molar-refractivity contribution is 0.0955. The first-order valence-electron chi connectivity index (χ1n) is 7.88. The summed E-state index contributed by atoms with van der Waals surface area (Å²) in [5, 5.41) is 6.62. The van der Waals surface area contributed by atoms with E-state index in [1.807, 2.05) is 36.5 Å². The fraction of sp³-hybridized carbons (Fsp3) is 0.176. The second kappa shape index (κ2) is 7.14. The van der Waals surface area contributed by atoms with E-state index in [9.17, 15) is 13.2 Å². The van der Waals surface area contributed by atoms with E-state index in [-0.39, 0.29) is 23.0 Å². The van der Waals surface area contributed by atoms with Gasteiger partial charge in [-0.15, -0.1) is 0 Å². The number of aryl methyl sites for hydroxylation is 1. The normalized spacial score (nSPS) is 11.5. The topological polar surface area (TPSA) is 98.0 Å². The molecule has 8 nitrogen and oxygen atoms in total. The van der Waals surface area contributed by atoms with Gasteiger partial charge >= 0.3 is 0 Å². The van der Waals surface area contributed by atoms with Crippen molar-refractivity contribution in [2.75, 3.05) is 7.05 Å². The van der Waals surface area contributed by atoms with Gasteiger partial charge in [-0.3, -0.25) is 4.79 Å². The molecule has 0 aliphatic heterocycles. The molecule has 2 heterocycles. The minimum atomic E-state index is -3.72. The molecule has 3 rings (SSSR count). The number of amides is 1. The standard InChI is InChI=1S/C17H19N5O3S/c1-18-17(23)16-10-15(12-21(16)2)26(24,25)20-11-13-4-6-14(7-5-13)22-9-3-8-19-22/h3-10,12,20H,11H2,1-2H3,(H,18,23). The van der Waals surface area contributed by atoms with Crippen molar-refractivity contribution in [2.45, 2.75) is 11.4 Å². The van der Waals surface area contributed by atoms with Crippen LogP contribution in [0.25, 0.3) is 5.69 Å². The third-order valence-corrected chi connectivity index (χ3v) is 5.29. The Morgan fingerprint density at radius 1 is 1.23 bits per heavy atom. The SMILES string of the molecule is CNC(=O)c1cc(S(=O)(=O)NCc2ccc(-n3cccn3)cc2)cn1C. The molecule has 3 aromatic rings. The van der Waals surface area contributed by atoms with Crippen molar-refractivity contribution in [3.8, 4) is 5.69 Å². The molecule has 0 spiro atoms. The molecule has 0 aliphatic carbocycles. The summed E-state index contributed by atoms with van der Waals surface area (Å²) in [6.07, 6.45) is 4.93. The highest BCUT2D eigenvalue weighted by Gasteiger charge is 2.19. The smallest absolute Gasteiger partial charge is 0.267 e. The zero-order valence-electron chi connectivity index (χ0n) is 14.4. The minimum Gasteiger partial charge on any atom is -0.354 e. The lowest BCUT2D eigenvalue weighted by atomic mass is 10.2. The third kappa shape index (κ3) is 3.68. The quantitative estimate of drug-likeness (QED) is 0.675. The highest BCUT2D eigenvalue weighted by atomic mass is 32.2. The number of carbonyl (C=O) groups is 1. The summed E-state index contributed by atoms with van der Waals surface area (Å²) in [6, 6.07) is 10.6. The van der Waals surface area contributed by atoms with E-state index in [0.29, 0.717) is 0 Å². The molecule has 1 aromatic carbocycles. The molecular weight excluding hydrogens is 354 g/mol. The van der Waals surface area contributed by atoms with Crippen molar-refractivity contribution < 1.29 is 13.2 Å². The van der Waals surface area contributed by atoms with Crippen molar-refractivity contribution in [1.82, 2.24) is 24.4 Å². The molecule has 0 aliphatic rings. The maximum Gasteiger partial charge on any atom is 0.267 e. The van der Waals surface area contributed by atoms with Gasteiger partial charge in [-0.1, -0.05) is 12.1 Å². The molecule has 9 heteroatoms. The number of nitrogens with one attached hydrogen (secondary N) is 2. The fourth-order valence-corrected chi connectivity index (χ4v) is 3.57. The highest BCUT2D eigenvalue weighted by molar-refractivity contribution is 7.89. The van der Waals surface area contributed by atoms with Gasteiger partial charge in [0.25, 0.3) is 5.91 Å². The highest BCUT2D eigenvalue weighted by Crippen LogP contribution is 2.15. The van der Waals surface area contributed by atoms with Crippen LogP contribution in [0.1, 0.15) is 16.1 Å². The fourth-order valence-electron chi connectivity index (χ4n) is 2.48. The summed E-state index contributed by atoms with van der Waals surface area (Å²) >= 11 is 0. The minimum absolute atomic E-state index is 0.0479. The maximum atomic E-state index is 12.5. The number of aromatic nitrogens is 3. The predicted octanol–water partition coefficient (Wildman–Crippen LogP) is 1.05. The zero-order chi connectivity index (χ0) is 18.7. The summed E-state index contributed by atoms with van der Waals surface area (Å²) in [5.74, 6) is -0.344. The van der Waals surface area contributed by atoms with E-state index in [2.05, 4.69) is 15.1 Å². The Hall–Kier alpha value is -2.91. The number of benzene rings is 1. The summed E-state index contributed by atoms with van der Waals surface area (Å²) in [7, 11) is -0.606. The summed E-state index contributed by atoms with van der Waals surface area (Å²) in [6.45, 7) is 0.145. The average Bonchev–Trinajstić information content (AvgIpc) is 3.30. The largest absolute Gasteiger partial charge is 0.354 e. The Kier molecular flexibility index (Phi) is 4.92. The second-order valence-electron chi connectivity index (χ2n) is 5.69. The molecule has 136 valence electrons. The van der Waals surface area contributed by atoms with Gasteiger partial charge in [0.15, 0.2) is 0 Å². The number of nitrogens with zero attached hydrogens (tertiary/aromatic N) is 3. The number of carbonyl (C=O) groups excluding carboxylic acids is 1. The van der Waals surface area contributed by atoms with Crippen LogP contribution in [0.2, 0.25) is 0 Å². The molecule has 26 heavy (non-hydrogen) atoms. The zero-order valence-corrected chi connectivity index (χ0v) is 15.2. The van der Waals surface area contributed by atoms with Crippen LogP contribution in [0.3, 0.4) is 0 Å².